The molecule has 0 bridgehead atoms. The average molecular weight is 385 g/mol. The molecule has 0 spiro atoms. The first-order valence-corrected chi connectivity index (χ1v) is 8.02. The van der Waals surface area contributed by atoms with E-state index in [0.717, 1.165) is 12.1 Å². The first kappa shape index (κ1) is 20.2. The van der Waals surface area contributed by atoms with Crippen LogP contribution in [0.3, 0.4) is 0 Å². The SMILES string of the molecule is CC(C)n1nccc1NC(=O)CCNc1ccc(C(F)(F)F)cc1[N+](=O)[O-]. The van der Waals surface area contributed by atoms with Gasteiger partial charge in [0.15, 0.2) is 0 Å². The van der Waals surface area contributed by atoms with Crippen molar-refractivity contribution in [2.24, 2.45) is 0 Å². The zero-order valence-corrected chi connectivity index (χ0v) is 14.6. The minimum absolute atomic E-state index is 0.00779. The van der Waals surface area contributed by atoms with Gasteiger partial charge in [0.2, 0.25) is 5.91 Å². The van der Waals surface area contributed by atoms with Gasteiger partial charge in [-0.15, -0.1) is 0 Å². The Morgan fingerprint density at radius 2 is 2.04 bits per heavy atom. The van der Waals surface area contributed by atoms with Crippen molar-refractivity contribution in [1.29, 1.82) is 0 Å². The first-order valence-electron chi connectivity index (χ1n) is 8.02. The summed E-state index contributed by atoms with van der Waals surface area (Å²) >= 11 is 0. The van der Waals surface area contributed by atoms with E-state index >= 15 is 0 Å². The van der Waals surface area contributed by atoms with Gasteiger partial charge in [0.1, 0.15) is 11.5 Å². The van der Waals surface area contributed by atoms with Gasteiger partial charge in [-0.25, -0.2) is 4.68 Å². The molecule has 2 N–H and O–H groups in total. The van der Waals surface area contributed by atoms with Crippen LogP contribution in [0.1, 0.15) is 31.9 Å². The molecule has 0 atom stereocenters. The number of nitro benzene ring substituents is 1. The lowest BCUT2D eigenvalue weighted by molar-refractivity contribution is -0.384. The van der Waals surface area contributed by atoms with Gasteiger partial charge in [-0.05, 0) is 26.0 Å². The van der Waals surface area contributed by atoms with Crippen molar-refractivity contribution in [3.8, 4) is 0 Å². The van der Waals surface area contributed by atoms with Crippen LogP contribution in [0.15, 0.2) is 30.5 Å². The minimum atomic E-state index is -4.68. The second-order valence-electron chi connectivity index (χ2n) is 5.97. The number of rotatable bonds is 7. The highest BCUT2D eigenvalue weighted by Gasteiger charge is 2.33. The van der Waals surface area contributed by atoms with Crippen molar-refractivity contribution in [1.82, 2.24) is 9.78 Å². The van der Waals surface area contributed by atoms with E-state index in [1.165, 1.54) is 0 Å². The van der Waals surface area contributed by atoms with E-state index in [1.807, 2.05) is 13.8 Å². The highest BCUT2D eigenvalue weighted by Crippen LogP contribution is 2.34. The van der Waals surface area contributed by atoms with Gasteiger partial charge >= 0.3 is 6.18 Å². The molecule has 0 saturated heterocycles. The number of benzene rings is 1. The summed E-state index contributed by atoms with van der Waals surface area (Å²) in [5, 5.41) is 20.4. The topological polar surface area (TPSA) is 102 Å². The minimum Gasteiger partial charge on any atom is -0.379 e. The summed E-state index contributed by atoms with van der Waals surface area (Å²) in [6, 6.07) is 3.86. The monoisotopic (exact) mass is 385 g/mol. The van der Waals surface area contributed by atoms with Crippen LogP contribution < -0.4 is 10.6 Å². The van der Waals surface area contributed by atoms with Crippen LogP contribution in [-0.4, -0.2) is 27.2 Å². The molecule has 0 aliphatic heterocycles. The summed E-state index contributed by atoms with van der Waals surface area (Å²) in [5.74, 6) is 0.148. The highest BCUT2D eigenvalue weighted by atomic mass is 19.4. The molecule has 0 aliphatic rings. The normalized spacial score (nSPS) is 11.5. The number of carbonyl (C=O) groups is 1. The molecular weight excluding hydrogens is 367 g/mol. The summed E-state index contributed by atoms with van der Waals surface area (Å²) in [6.07, 6.45) is -3.18. The summed E-state index contributed by atoms with van der Waals surface area (Å²) in [6.45, 7) is 3.80. The van der Waals surface area contributed by atoms with Gasteiger partial charge in [0.05, 0.1) is 16.7 Å². The largest absolute Gasteiger partial charge is 0.416 e. The number of aromatic nitrogens is 2. The number of alkyl halides is 3. The lowest BCUT2D eigenvalue weighted by Crippen LogP contribution is -2.19. The Labute approximate surface area is 152 Å². The molecule has 0 saturated carbocycles. The van der Waals surface area contributed by atoms with Crippen molar-refractivity contribution in [2.75, 3.05) is 17.2 Å². The molecule has 1 aromatic heterocycles. The molecule has 2 rings (SSSR count). The molecule has 2 aromatic rings. The van der Waals surface area contributed by atoms with Gasteiger partial charge < -0.3 is 10.6 Å². The number of halogens is 3. The molecule has 0 radical (unpaired) electrons. The third-order valence-corrected chi connectivity index (χ3v) is 3.62. The molecule has 146 valence electrons. The maximum Gasteiger partial charge on any atom is 0.416 e. The molecule has 0 fully saturated rings. The third kappa shape index (κ3) is 5.19. The van der Waals surface area contributed by atoms with Crippen LogP contribution in [0.5, 0.6) is 0 Å². The molecule has 8 nitrogen and oxygen atoms in total. The van der Waals surface area contributed by atoms with Crippen LogP contribution in [-0.2, 0) is 11.0 Å². The Hall–Kier alpha value is -3.11. The van der Waals surface area contributed by atoms with Gasteiger partial charge in [0.25, 0.3) is 5.69 Å². The summed E-state index contributed by atoms with van der Waals surface area (Å²) < 4.78 is 39.7. The molecule has 0 aliphatic carbocycles. The fourth-order valence-corrected chi connectivity index (χ4v) is 2.35. The predicted octanol–water partition coefficient (Wildman–Crippen LogP) is 3.83. The number of amides is 1. The molecule has 1 aromatic carbocycles. The van der Waals surface area contributed by atoms with Gasteiger partial charge in [-0.1, -0.05) is 0 Å². The molecule has 1 amide bonds. The van der Waals surface area contributed by atoms with E-state index < -0.39 is 22.4 Å². The maximum absolute atomic E-state index is 12.7. The Balaban J connectivity index is 1.99. The lowest BCUT2D eigenvalue weighted by atomic mass is 10.1. The maximum atomic E-state index is 12.7. The van der Waals surface area contributed by atoms with Crippen molar-refractivity contribution >= 4 is 23.1 Å². The van der Waals surface area contributed by atoms with E-state index in [4.69, 9.17) is 0 Å². The summed E-state index contributed by atoms with van der Waals surface area (Å²) in [7, 11) is 0. The van der Waals surface area contributed by atoms with E-state index in [-0.39, 0.29) is 30.6 Å². The van der Waals surface area contributed by atoms with Crippen LogP contribution in [0.2, 0.25) is 0 Å². The number of anilines is 2. The number of hydrogen-bond donors (Lipinski definition) is 2. The zero-order valence-electron chi connectivity index (χ0n) is 14.6. The third-order valence-electron chi connectivity index (χ3n) is 3.62. The number of nitrogens with zero attached hydrogens (tertiary/aromatic N) is 3. The summed E-state index contributed by atoms with van der Waals surface area (Å²) in [4.78, 5) is 22.1. The van der Waals surface area contributed by atoms with Gasteiger partial charge in [-0.2, -0.15) is 18.3 Å². The van der Waals surface area contributed by atoms with Crippen LogP contribution in [0.4, 0.5) is 30.4 Å². The second kappa shape index (κ2) is 8.06. The van der Waals surface area contributed by atoms with Crippen molar-refractivity contribution in [3.63, 3.8) is 0 Å². The average Bonchev–Trinajstić information content (AvgIpc) is 3.02. The molecule has 11 heteroatoms. The van der Waals surface area contributed by atoms with E-state index in [1.54, 1.807) is 16.9 Å². The van der Waals surface area contributed by atoms with E-state index in [0.29, 0.717) is 11.9 Å². The molecular formula is C16H18F3N5O3. The van der Waals surface area contributed by atoms with Crippen LogP contribution in [0, 0.1) is 10.1 Å². The quantitative estimate of drug-likeness (QED) is 0.557. The Bertz CT molecular complexity index is 833. The smallest absolute Gasteiger partial charge is 0.379 e. The number of hydrogen-bond acceptors (Lipinski definition) is 5. The van der Waals surface area contributed by atoms with Gasteiger partial charge in [-0.3, -0.25) is 14.9 Å². The molecule has 0 unspecified atom stereocenters. The Morgan fingerprint density at radius 3 is 2.63 bits per heavy atom. The number of nitro groups is 1. The van der Waals surface area contributed by atoms with Crippen LogP contribution >= 0.6 is 0 Å². The number of carbonyl (C=O) groups excluding carboxylic acids is 1. The van der Waals surface area contributed by atoms with Crippen molar-refractivity contribution in [3.05, 3.63) is 46.1 Å². The second-order valence-corrected chi connectivity index (χ2v) is 5.97. The highest BCUT2D eigenvalue weighted by molar-refractivity contribution is 5.90. The lowest BCUT2D eigenvalue weighted by Gasteiger charge is -2.12. The first-order chi connectivity index (χ1) is 12.6. The molecule has 1 heterocycles. The Kier molecular flexibility index (Phi) is 6.03. The zero-order chi connectivity index (χ0) is 20.2. The fourth-order valence-electron chi connectivity index (χ4n) is 2.35. The predicted molar refractivity (Wildman–Crippen MR) is 92.4 cm³/mol. The number of nitrogens with one attached hydrogen (secondary N) is 2. The molecule has 27 heavy (non-hydrogen) atoms. The van der Waals surface area contributed by atoms with E-state index in [9.17, 15) is 28.1 Å². The van der Waals surface area contributed by atoms with Crippen molar-refractivity contribution < 1.29 is 22.9 Å². The Morgan fingerprint density at radius 1 is 1.33 bits per heavy atom. The van der Waals surface area contributed by atoms with E-state index in [2.05, 4.69) is 15.7 Å². The fraction of sp³-hybridized carbons (Fsp3) is 0.375. The van der Waals surface area contributed by atoms with Crippen LogP contribution in [0.25, 0.3) is 0 Å². The standard InChI is InChI=1S/C16H18F3N5O3/c1-10(2)23-14(5-8-21-23)22-15(25)6-7-20-12-4-3-11(16(17,18)19)9-13(12)24(26)27/h3-5,8-10,20H,6-7H2,1-2H3,(H,22,25). The summed E-state index contributed by atoms with van der Waals surface area (Å²) in [5.41, 5.74) is -1.91. The van der Waals surface area contributed by atoms with Gasteiger partial charge in [0, 0.05) is 31.1 Å². The van der Waals surface area contributed by atoms with Crippen molar-refractivity contribution in [2.45, 2.75) is 32.5 Å².